The quantitative estimate of drug-likeness (QED) is 0.620. The molecular weight excluding hydrogens is 116 g/mol. The van der Waals surface area contributed by atoms with E-state index in [0.717, 1.165) is 5.76 Å². The van der Waals surface area contributed by atoms with Crippen LogP contribution in [0, 0.1) is 6.92 Å². The molecule has 0 spiro atoms. The molecule has 0 saturated carbocycles. The van der Waals surface area contributed by atoms with Crippen LogP contribution in [-0.2, 0) is 0 Å². The van der Waals surface area contributed by atoms with Crippen molar-refractivity contribution < 1.29 is 9.52 Å². The van der Waals surface area contributed by atoms with Crippen LogP contribution in [0.1, 0.15) is 24.5 Å². The summed E-state index contributed by atoms with van der Waals surface area (Å²) in [5, 5.41) is 8.94. The molecule has 1 N–H and O–H groups in total. The molecular formula is C7H10O2. The first-order chi connectivity index (χ1) is 4.20. The van der Waals surface area contributed by atoms with Gasteiger partial charge in [0.15, 0.2) is 0 Å². The summed E-state index contributed by atoms with van der Waals surface area (Å²) in [5.74, 6) is 1.47. The predicted octanol–water partition coefficient (Wildman–Crippen LogP) is 1.64. The zero-order chi connectivity index (χ0) is 6.85. The van der Waals surface area contributed by atoms with Crippen LogP contribution in [0.5, 0.6) is 0 Å². The molecule has 0 aromatic carbocycles. The minimum absolute atomic E-state index is 0.487. The van der Waals surface area contributed by atoms with E-state index in [9.17, 15) is 0 Å². The van der Waals surface area contributed by atoms with Gasteiger partial charge in [0, 0.05) is 0 Å². The Morgan fingerprint density at radius 2 is 2.22 bits per heavy atom. The molecule has 0 unspecified atom stereocenters. The average molecular weight is 126 g/mol. The second-order valence-corrected chi connectivity index (χ2v) is 2.12. The third-order valence-electron chi connectivity index (χ3n) is 1.17. The molecule has 2 heteroatoms. The molecule has 50 valence electrons. The van der Waals surface area contributed by atoms with E-state index >= 15 is 0 Å². The van der Waals surface area contributed by atoms with Crippen LogP contribution < -0.4 is 0 Å². The fourth-order valence-corrected chi connectivity index (χ4v) is 0.678. The minimum atomic E-state index is -0.487. The molecule has 0 aliphatic rings. The molecule has 1 rings (SSSR count). The number of aryl methyl sites for hydroxylation is 1. The second kappa shape index (κ2) is 2.23. The molecule has 0 radical (unpaired) electrons. The number of aliphatic hydroxyl groups excluding tert-OH is 1. The largest absolute Gasteiger partial charge is 0.464 e. The molecule has 1 heterocycles. The minimum Gasteiger partial charge on any atom is -0.464 e. The molecule has 2 nitrogen and oxygen atoms in total. The Morgan fingerprint density at radius 3 is 2.44 bits per heavy atom. The van der Waals surface area contributed by atoms with E-state index < -0.39 is 6.10 Å². The van der Waals surface area contributed by atoms with E-state index in [1.807, 2.05) is 13.0 Å². The van der Waals surface area contributed by atoms with Crippen molar-refractivity contribution in [3.63, 3.8) is 0 Å². The van der Waals surface area contributed by atoms with Crippen LogP contribution in [0.2, 0.25) is 0 Å². The van der Waals surface area contributed by atoms with E-state index in [4.69, 9.17) is 9.52 Å². The van der Waals surface area contributed by atoms with Gasteiger partial charge in [0.25, 0.3) is 0 Å². The Morgan fingerprint density at radius 1 is 1.56 bits per heavy atom. The number of rotatable bonds is 1. The third kappa shape index (κ3) is 1.33. The zero-order valence-corrected chi connectivity index (χ0v) is 5.59. The van der Waals surface area contributed by atoms with Crippen molar-refractivity contribution in [2.75, 3.05) is 0 Å². The van der Waals surface area contributed by atoms with E-state index in [2.05, 4.69) is 0 Å². The summed E-state index contributed by atoms with van der Waals surface area (Å²) < 4.78 is 5.09. The fourth-order valence-electron chi connectivity index (χ4n) is 0.678. The topological polar surface area (TPSA) is 33.4 Å². The highest BCUT2D eigenvalue weighted by Crippen LogP contribution is 2.14. The van der Waals surface area contributed by atoms with Crippen LogP contribution in [0.15, 0.2) is 16.5 Å². The third-order valence-corrected chi connectivity index (χ3v) is 1.17. The lowest BCUT2D eigenvalue weighted by molar-refractivity contribution is 0.168. The van der Waals surface area contributed by atoms with Crippen LogP contribution in [0.4, 0.5) is 0 Å². The Labute approximate surface area is 54.1 Å². The van der Waals surface area contributed by atoms with Gasteiger partial charge in [0.05, 0.1) is 0 Å². The van der Waals surface area contributed by atoms with Crippen molar-refractivity contribution in [2.45, 2.75) is 20.0 Å². The van der Waals surface area contributed by atoms with Gasteiger partial charge >= 0.3 is 0 Å². The molecule has 0 amide bonds. The van der Waals surface area contributed by atoms with Gasteiger partial charge in [-0.3, -0.25) is 0 Å². The molecule has 1 atom stereocenters. The maximum atomic E-state index is 8.94. The van der Waals surface area contributed by atoms with E-state index in [0.29, 0.717) is 5.76 Å². The maximum absolute atomic E-state index is 8.94. The van der Waals surface area contributed by atoms with Crippen molar-refractivity contribution in [2.24, 2.45) is 0 Å². The molecule has 1 aromatic rings. The van der Waals surface area contributed by atoms with Gasteiger partial charge in [-0.1, -0.05) is 0 Å². The fraction of sp³-hybridized carbons (Fsp3) is 0.429. The number of furan rings is 1. The first-order valence-electron chi connectivity index (χ1n) is 2.94. The highest BCUT2D eigenvalue weighted by Gasteiger charge is 2.02. The van der Waals surface area contributed by atoms with Crippen LogP contribution in [0.25, 0.3) is 0 Å². The summed E-state index contributed by atoms with van der Waals surface area (Å²) in [7, 11) is 0. The van der Waals surface area contributed by atoms with E-state index in [1.54, 1.807) is 13.0 Å². The van der Waals surface area contributed by atoms with Crippen molar-refractivity contribution in [1.82, 2.24) is 0 Å². The summed E-state index contributed by atoms with van der Waals surface area (Å²) in [6.45, 7) is 3.53. The van der Waals surface area contributed by atoms with Crippen molar-refractivity contribution in [3.05, 3.63) is 23.7 Å². The number of aliphatic hydroxyl groups is 1. The van der Waals surface area contributed by atoms with Crippen molar-refractivity contribution in [1.29, 1.82) is 0 Å². The van der Waals surface area contributed by atoms with Crippen LogP contribution in [0.3, 0.4) is 0 Å². The van der Waals surface area contributed by atoms with Gasteiger partial charge in [0.1, 0.15) is 17.6 Å². The summed E-state index contributed by atoms with van der Waals surface area (Å²) in [4.78, 5) is 0. The van der Waals surface area contributed by atoms with Gasteiger partial charge in [-0.05, 0) is 26.0 Å². The monoisotopic (exact) mass is 126 g/mol. The number of hydrogen-bond donors (Lipinski definition) is 1. The maximum Gasteiger partial charge on any atom is 0.132 e. The Kier molecular flexibility index (Phi) is 1.58. The average Bonchev–Trinajstić information content (AvgIpc) is 2.14. The lowest BCUT2D eigenvalue weighted by Gasteiger charge is -1.95. The summed E-state index contributed by atoms with van der Waals surface area (Å²) in [5.41, 5.74) is 0. The Bertz CT molecular complexity index is 189. The predicted molar refractivity (Wildman–Crippen MR) is 34.1 cm³/mol. The molecule has 0 aliphatic heterocycles. The summed E-state index contributed by atoms with van der Waals surface area (Å²) in [6, 6.07) is 3.61. The molecule has 0 bridgehead atoms. The molecule has 9 heavy (non-hydrogen) atoms. The summed E-state index contributed by atoms with van der Waals surface area (Å²) >= 11 is 0. The van der Waals surface area contributed by atoms with Gasteiger partial charge in [-0.15, -0.1) is 0 Å². The molecule has 0 saturated heterocycles. The Balaban J connectivity index is 2.85. The van der Waals surface area contributed by atoms with Crippen molar-refractivity contribution in [3.8, 4) is 0 Å². The van der Waals surface area contributed by atoms with Gasteiger partial charge in [-0.25, -0.2) is 0 Å². The number of hydrogen-bond acceptors (Lipinski definition) is 2. The van der Waals surface area contributed by atoms with Crippen LogP contribution in [-0.4, -0.2) is 5.11 Å². The Hall–Kier alpha value is -0.760. The zero-order valence-electron chi connectivity index (χ0n) is 5.59. The van der Waals surface area contributed by atoms with Gasteiger partial charge in [-0.2, -0.15) is 0 Å². The smallest absolute Gasteiger partial charge is 0.132 e. The first kappa shape index (κ1) is 6.36. The standard InChI is InChI=1S/C7H10O2/c1-5-3-4-7(9-5)6(2)8/h3-4,6,8H,1-2H3/t6-/m1/s1. The van der Waals surface area contributed by atoms with E-state index in [1.165, 1.54) is 0 Å². The SMILES string of the molecule is Cc1ccc([C@@H](C)O)o1. The highest BCUT2D eigenvalue weighted by atomic mass is 16.4. The molecule has 0 aliphatic carbocycles. The van der Waals surface area contributed by atoms with Gasteiger partial charge < -0.3 is 9.52 Å². The lowest BCUT2D eigenvalue weighted by Crippen LogP contribution is -1.85. The second-order valence-electron chi connectivity index (χ2n) is 2.12. The highest BCUT2D eigenvalue weighted by molar-refractivity contribution is 5.06. The summed E-state index contributed by atoms with van der Waals surface area (Å²) in [6.07, 6.45) is -0.487. The normalized spacial score (nSPS) is 13.7. The van der Waals surface area contributed by atoms with Crippen molar-refractivity contribution >= 4 is 0 Å². The van der Waals surface area contributed by atoms with Crippen LogP contribution >= 0.6 is 0 Å². The molecule has 0 fully saturated rings. The van der Waals surface area contributed by atoms with E-state index in [-0.39, 0.29) is 0 Å². The van der Waals surface area contributed by atoms with Gasteiger partial charge in [0.2, 0.25) is 0 Å². The lowest BCUT2D eigenvalue weighted by atomic mass is 10.3. The first-order valence-corrected chi connectivity index (χ1v) is 2.94. The molecule has 1 aromatic heterocycles.